The van der Waals surface area contributed by atoms with E-state index in [9.17, 15) is 14.4 Å². The van der Waals surface area contributed by atoms with Gasteiger partial charge < -0.3 is 40.4 Å². The molecule has 170 valence electrons. The van der Waals surface area contributed by atoms with Crippen LogP contribution in [0.3, 0.4) is 0 Å². The molecule has 0 heterocycles. The van der Waals surface area contributed by atoms with Crippen LogP contribution in [0.2, 0.25) is 0 Å². The van der Waals surface area contributed by atoms with Gasteiger partial charge in [-0.2, -0.15) is 0 Å². The number of hydrogen-bond donors (Lipinski definition) is 5. The van der Waals surface area contributed by atoms with Gasteiger partial charge in [-0.3, -0.25) is 4.79 Å². The van der Waals surface area contributed by atoms with Crippen LogP contribution in [0.4, 0.5) is 9.59 Å². The first kappa shape index (κ1) is 26.9. The summed E-state index contributed by atoms with van der Waals surface area (Å²) < 4.78 is 15.8. The van der Waals surface area contributed by atoms with Crippen LogP contribution in [0, 0.1) is 0 Å². The van der Waals surface area contributed by atoms with Crippen molar-refractivity contribution in [1.82, 2.24) is 16.0 Å². The van der Waals surface area contributed by atoms with Crippen LogP contribution in [-0.4, -0.2) is 86.6 Å². The zero-order valence-corrected chi connectivity index (χ0v) is 17.4. The molecule has 3 amide bonds. The highest BCUT2D eigenvalue weighted by Gasteiger charge is 2.17. The molecule has 0 aromatic rings. The summed E-state index contributed by atoms with van der Waals surface area (Å²) in [5, 5.41) is 25.3. The Bertz CT molecular complexity index is 448. The maximum absolute atomic E-state index is 11.8. The second-order valence-electron chi connectivity index (χ2n) is 6.58. The van der Waals surface area contributed by atoms with Gasteiger partial charge >= 0.3 is 12.2 Å². The Kier molecular flexibility index (Phi) is 15.6. The van der Waals surface area contributed by atoms with E-state index in [-0.39, 0.29) is 57.4 Å². The van der Waals surface area contributed by atoms with Gasteiger partial charge in [-0.15, -0.1) is 0 Å². The number of alkyl carbamates (subject to hydrolysis) is 2. The standard InChI is InChI=1S/C18H35N3O8/c1-13(6-8-22)20-17(25)28-11-15(27-10-4-5-16(24)19-3)12-29-18(26)21-14(2)7-9-23/h13-15,22-23H,4-12H2,1-3H3,(H,19,24)(H,20,25)(H,21,26). The van der Waals surface area contributed by atoms with Crippen molar-refractivity contribution in [2.24, 2.45) is 0 Å². The Hall–Kier alpha value is -2.11. The van der Waals surface area contributed by atoms with Crippen molar-refractivity contribution >= 4 is 18.1 Å². The number of aliphatic hydroxyl groups is 2. The largest absolute Gasteiger partial charge is 0.447 e. The zero-order chi connectivity index (χ0) is 22.1. The van der Waals surface area contributed by atoms with E-state index in [0.717, 1.165) is 0 Å². The number of rotatable bonds is 15. The number of nitrogens with one attached hydrogen (secondary N) is 3. The van der Waals surface area contributed by atoms with Gasteiger partial charge in [0.25, 0.3) is 0 Å². The number of carbonyl (C=O) groups is 3. The van der Waals surface area contributed by atoms with Crippen molar-refractivity contribution in [2.75, 3.05) is 40.1 Å². The monoisotopic (exact) mass is 421 g/mol. The lowest BCUT2D eigenvalue weighted by atomic mass is 10.2. The van der Waals surface area contributed by atoms with Gasteiger partial charge in [-0.25, -0.2) is 9.59 Å². The molecule has 0 aliphatic heterocycles. The van der Waals surface area contributed by atoms with E-state index in [4.69, 9.17) is 24.4 Å². The molecule has 11 heteroatoms. The molecular weight excluding hydrogens is 386 g/mol. The molecule has 0 saturated carbocycles. The summed E-state index contributed by atoms with van der Waals surface area (Å²) in [5.41, 5.74) is 0. The molecule has 0 aromatic heterocycles. The van der Waals surface area contributed by atoms with E-state index in [2.05, 4.69) is 16.0 Å². The first-order chi connectivity index (χ1) is 13.8. The van der Waals surface area contributed by atoms with Gasteiger partial charge in [0.15, 0.2) is 0 Å². The van der Waals surface area contributed by atoms with Crippen molar-refractivity contribution in [3.8, 4) is 0 Å². The smallest absolute Gasteiger partial charge is 0.407 e. The fourth-order valence-corrected chi connectivity index (χ4v) is 2.11. The van der Waals surface area contributed by atoms with Gasteiger partial charge in [-0.05, 0) is 33.1 Å². The van der Waals surface area contributed by atoms with Crippen LogP contribution in [-0.2, 0) is 19.0 Å². The molecule has 0 spiro atoms. The molecule has 0 aliphatic rings. The molecule has 2 atom stereocenters. The Balaban J connectivity index is 4.45. The van der Waals surface area contributed by atoms with Gasteiger partial charge in [0.2, 0.25) is 5.91 Å². The number of carbonyl (C=O) groups excluding carboxylic acids is 3. The molecule has 11 nitrogen and oxygen atoms in total. The van der Waals surface area contributed by atoms with E-state index in [0.29, 0.717) is 19.3 Å². The summed E-state index contributed by atoms with van der Waals surface area (Å²) in [4.78, 5) is 34.8. The number of aliphatic hydroxyl groups excluding tert-OH is 2. The molecule has 0 radical (unpaired) electrons. The predicted molar refractivity (Wildman–Crippen MR) is 104 cm³/mol. The van der Waals surface area contributed by atoms with E-state index in [1.807, 2.05) is 0 Å². The zero-order valence-electron chi connectivity index (χ0n) is 17.4. The highest BCUT2D eigenvalue weighted by molar-refractivity contribution is 5.75. The van der Waals surface area contributed by atoms with Crippen molar-refractivity contribution in [3.05, 3.63) is 0 Å². The predicted octanol–water partition coefficient (Wildman–Crippen LogP) is -0.108. The van der Waals surface area contributed by atoms with Crippen LogP contribution in [0.1, 0.15) is 39.5 Å². The lowest BCUT2D eigenvalue weighted by Gasteiger charge is -2.20. The molecule has 2 unspecified atom stereocenters. The van der Waals surface area contributed by atoms with E-state index >= 15 is 0 Å². The highest BCUT2D eigenvalue weighted by atomic mass is 16.6. The van der Waals surface area contributed by atoms with Gasteiger partial charge in [0.05, 0.1) is 0 Å². The molecule has 0 saturated heterocycles. The summed E-state index contributed by atoms with van der Waals surface area (Å²) in [6.45, 7) is 3.24. The fraction of sp³-hybridized carbons (Fsp3) is 0.833. The Morgan fingerprint density at radius 3 is 1.79 bits per heavy atom. The fourth-order valence-electron chi connectivity index (χ4n) is 2.11. The Labute approximate surface area is 171 Å². The van der Waals surface area contributed by atoms with Crippen molar-refractivity contribution in [1.29, 1.82) is 0 Å². The summed E-state index contributed by atoms with van der Waals surface area (Å²) in [5.74, 6) is -0.118. The molecule has 0 bridgehead atoms. The van der Waals surface area contributed by atoms with Crippen LogP contribution in [0.25, 0.3) is 0 Å². The second-order valence-corrected chi connectivity index (χ2v) is 6.58. The summed E-state index contributed by atoms with van der Waals surface area (Å²) in [7, 11) is 1.54. The van der Waals surface area contributed by atoms with Crippen LogP contribution >= 0.6 is 0 Å². The Morgan fingerprint density at radius 2 is 1.38 bits per heavy atom. The topological polar surface area (TPSA) is 155 Å². The molecule has 0 fully saturated rings. The van der Waals surface area contributed by atoms with E-state index in [1.54, 1.807) is 20.9 Å². The summed E-state index contributed by atoms with van der Waals surface area (Å²) in [6, 6.07) is -0.510. The second kappa shape index (κ2) is 16.8. The number of amides is 3. The number of hydrogen-bond acceptors (Lipinski definition) is 8. The van der Waals surface area contributed by atoms with Crippen LogP contribution in [0.5, 0.6) is 0 Å². The van der Waals surface area contributed by atoms with E-state index < -0.39 is 18.3 Å². The third-order valence-electron chi connectivity index (χ3n) is 3.83. The summed E-state index contributed by atoms with van der Waals surface area (Å²) in [6.07, 6.45) is -0.540. The minimum Gasteiger partial charge on any atom is -0.447 e. The molecular formula is C18H35N3O8. The SMILES string of the molecule is CNC(=O)CCCOC(COC(=O)NC(C)CCO)COC(=O)NC(C)CCO. The normalized spacial score (nSPS) is 13.7. The first-order valence-corrected chi connectivity index (χ1v) is 9.72. The lowest BCUT2D eigenvalue weighted by molar-refractivity contribution is -0.121. The van der Waals surface area contributed by atoms with E-state index in [1.165, 1.54) is 0 Å². The highest BCUT2D eigenvalue weighted by Crippen LogP contribution is 2.01. The van der Waals surface area contributed by atoms with Crippen molar-refractivity contribution in [2.45, 2.75) is 57.7 Å². The molecule has 29 heavy (non-hydrogen) atoms. The molecule has 0 aromatic carbocycles. The average molecular weight is 421 g/mol. The van der Waals surface area contributed by atoms with Gasteiger partial charge in [0.1, 0.15) is 19.3 Å². The van der Waals surface area contributed by atoms with Crippen LogP contribution in [0.15, 0.2) is 0 Å². The maximum Gasteiger partial charge on any atom is 0.407 e. The average Bonchev–Trinajstić information content (AvgIpc) is 2.66. The molecule has 5 N–H and O–H groups in total. The molecule has 0 aliphatic carbocycles. The molecule has 0 rings (SSSR count). The number of ether oxygens (including phenoxy) is 3. The van der Waals surface area contributed by atoms with Crippen LogP contribution < -0.4 is 16.0 Å². The quantitative estimate of drug-likeness (QED) is 0.229. The minimum atomic E-state index is -0.711. The first-order valence-electron chi connectivity index (χ1n) is 9.72. The Morgan fingerprint density at radius 1 is 0.897 bits per heavy atom. The van der Waals surface area contributed by atoms with Crippen molar-refractivity contribution in [3.63, 3.8) is 0 Å². The van der Waals surface area contributed by atoms with Gasteiger partial charge in [-0.1, -0.05) is 0 Å². The lowest BCUT2D eigenvalue weighted by Crippen LogP contribution is -2.38. The summed E-state index contributed by atoms with van der Waals surface area (Å²) >= 11 is 0. The minimum absolute atomic E-state index is 0.0593. The maximum atomic E-state index is 11.8. The third-order valence-corrected chi connectivity index (χ3v) is 3.83. The van der Waals surface area contributed by atoms with Crippen molar-refractivity contribution < 1.29 is 38.8 Å². The van der Waals surface area contributed by atoms with Gasteiger partial charge in [0, 0.05) is 45.4 Å². The third kappa shape index (κ3) is 15.5.